The molecule has 0 saturated heterocycles. The summed E-state index contributed by atoms with van der Waals surface area (Å²) < 4.78 is 0. The normalized spacial score (nSPS) is 12.1. The molecule has 0 aliphatic rings. The summed E-state index contributed by atoms with van der Waals surface area (Å²) in [7, 11) is 0. The van der Waals surface area contributed by atoms with Gasteiger partial charge in [0.25, 0.3) is 5.91 Å². The van der Waals surface area contributed by atoms with Crippen LogP contribution in [0.4, 0.5) is 0 Å². The lowest BCUT2D eigenvalue weighted by molar-refractivity contribution is 0.0935. The van der Waals surface area contributed by atoms with E-state index < -0.39 is 0 Å². The maximum atomic E-state index is 11.7. The fraction of sp³-hybridized carbons (Fsp3) is 0.500. The number of nitrogens with one attached hydrogen (secondary N) is 1. The number of carbonyl (C=O) groups excluding carboxylic acids is 1. The van der Waals surface area contributed by atoms with Crippen LogP contribution in [0.15, 0.2) is 18.3 Å². The fourth-order valence-corrected chi connectivity index (χ4v) is 1.53. The van der Waals surface area contributed by atoms with Crippen molar-refractivity contribution in [2.45, 2.75) is 19.8 Å². The van der Waals surface area contributed by atoms with Gasteiger partial charge in [0.05, 0.1) is 0 Å². The Hall–Kier alpha value is -1.62. The van der Waals surface area contributed by atoms with E-state index in [1.54, 1.807) is 6.07 Å². The van der Waals surface area contributed by atoms with Crippen LogP contribution in [0.1, 0.15) is 30.3 Å². The Bertz CT molecular complexity index is 369. The molecule has 0 radical (unpaired) electrons. The first kappa shape index (κ1) is 13.4. The monoisotopic (exact) mass is 238 g/mol. The van der Waals surface area contributed by atoms with Gasteiger partial charge >= 0.3 is 0 Å². The van der Waals surface area contributed by atoms with Crippen LogP contribution >= 0.6 is 0 Å². The Morgan fingerprint density at radius 1 is 1.59 bits per heavy atom. The van der Waals surface area contributed by atoms with E-state index in [9.17, 15) is 9.90 Å². The smallest absolute Gasteiger partial charge is 0.273 e. The third-order valence-corrected chi connectivity index (χ3v) is 2.67. The molecule has 1 unspecified atom stereocenters. The van der Waals surface area contributed by atoms with Gasteiger partial charge in [0.15, 0.2) is 5.69 Å². The number of aromatic hydroxyl groups is 1. The average molecular weight is 238 g/mol. The summed E-state index contributed by atoms with van der Waals surface area (Å²) in [6.45, 7) is 2.60. The lowest BCUT2D eigenvalue weighted by Crippen LogP contribution is -2.30. The molecule has 3 N–H and O–H groups in total. The molecule has 0 bridgehead atoms. The number of amides is 1. The molecule has 0 fully saturated rings. The molecule has 0 saturated carbocycles. The minimum absolute atomic E-state index is 0.0337. The maximum absolute atomic E-state index is 11.7. The topological polar surface area (TPSA) is 82.5 Å². The fourth-order valence-electron chi connectivity index (χ4n) is 1.53. The zero-order valence-electron chi connectivity index (χ0n) is 9.89. The molecule has 1 aromatic heterocycles. The Kier molecular flexibility index (Phi) is 5.42. The van der Waals surface area contributed by atoms with Crippen molar-refractivity contribution in [3.05, 3.63) is 24.0 Å². The van der Waals surface area contributed by atoms with Crippen LogP contribution in [-0.4, -0.2) is 34.3 Å². The number of carbonyl (C=O) groups is 1. The first-order valence-electron chi connectivity index (χ1n) is 5.72. The minimum Gasteiger partial charge on any atom is -0.505 e. The van der Waals surface area contributed by atoms with Gasteiger partial charge in [-0.15, -0.1) is 0 Å². The zero-order chi connectivity index (χ0) is 12.7. The minimum atomic E-state index is -0.389. The second-order valence-electron chi connectivity index (χ2n) is 3.87. The lowest BCUT2D eigenvalue weighted by Gasteiger charge is -2.14. The van der Waals surface area contributed by atoms with E-state index in [0.29, 0.717) is 13.0 Å². The number of pyridine rings is 1. The van der Waals surface area contributed by atoms with Gasteiger partial charge in [0, 0.05) is 19.3 Å². The van der Waals surface area contributed by atoms with Crippen LogP contribution in [0.25, 0.3) is 0 Å². The van der Waals surface area contributed by atoms with Crippen LogP contribution in [-0.2, 0) is 0 Å². The number of rotatable bonds is 6. The molecule has 5 nitrogen and oxygen atoms in total. The van der Waals surface area contributed by atoms with E-state index in [2.05, 4.69) is 10.3 Å². The average Bonchev–Trinajstić information content (AvgIpc) is 2.34. The summed E-state index contributed by atoms with van der Waals surface area (Å²) in [5.74, 6) is -0.269. The van der Waals surface area contributed by atoms with E-state index in [1.165, 1.54) is 12.3 Å². The second-order valence-corrected chi connectivity index (χ2v) is 3.87. The third-order valence-electron chi connectivity index (χ3n) is 2.67. The molecular weight excluding hydrogens is 220 g/mol. The molecule has 1 aromatic rings. The van der Waals surface area contributed by atoms with E-state index in [-0.39, 0.29) is 29.9 Å². The highest BCUT2D eigenvalue weighted by atomic mass is 16.3. The highest BCUT2D eigenvalue weighted by molar-refractivity contribution is 5.94. The van der Waals surface area contributed by atoms with Gasteiger partial charge in [-0.05, 0) is 24.5 Å². The predicted molar refractivity (Wildman–Crippen MR) is 63.7 cm³/mol. The highest BCUT2D eigenvalue weighted by Crippen LogP contribution is 2.12. The van der Waals surface area contributed by atoms with Crippen molar-refractivity contribution in [1.82, 2.24) is 10.3 Å². The summed E-state index contributed by atoms with van der Waals surface area (Å²) in [6, 6.07) is 2.99. The maximum Gasteiger partial charge on any atom is 0.273 e. The van der Waals surface area contributed by atoms with E-state index >= 15 is 0 Å². The molecular formula is C12H18N2O3. The molecule has 94 valence electrons. The SMILES string of the molecule is CCC(CCO)CNC(=O)c1ncccc1O. The van der Waals surface area contributed by atoms with Gasteiger partial charge in [-0.2, -0.15) is 0 Å². The summed E-state index contributed by atoms with van der Waals surface area (Å²) in [5.41, 5.74) is 0.0337. The van der Waals surface area contributed by atoms with Crippen LogP contribution < -0.4 is 5.32 Å². The molecule has 0 aliphatic heterocycles. The van der Waals surface area contributed by atoms with Crippen LogP contribution in [0, 0.1) is 5.92 Å². The molecule has 17 heavy (non-hydrogen) atoms. The molecule has 1 rings (SSSR count). The number of aliphatic hydroxyl groups excluding tert-OH is 1. The summed E-state index contributed by atoms with van der Waals surface area (Å²) >= 11 is 0. The number of aromatic nitrogens is 1. The Balaban J connectivity index is 2.52. The van der Waals surface area contributed by atoms with Gasteiger partial charge in [0.1, 0.15) is 5.75 Å². The summed E-state index contributed by atoms with van der Waals surface area (Å²) in [4.78, 5) is 15.5. The molecule has 0 spiro atoms. The van der Waals surface area contributed by atoms with Gasteiger partial charge < -0.3 is 15.5 Å². The van der Waals surface area contributed by atoms with Crippen LogP contribution in [0.2, 0.25) is 0 Å². The second kappa shape index (κ2) is 6.85. The van der Waals surface area contributed by atoms with Gasteiger partial charge in [-0.25, -0.2) is 4.98 Å². The van der Waals surface area contributed by atoms with Crippen LogP contribution in [0.5, 0.6) is 5.75 Å². The standard InChI is InChI=1S/C12H18N2O3/c1-2-9(5-7-15)8-14-12(17)11-10(16)4-3-6-13-11/h3-4,6,9,15-16H,2,5,7-8H2,1H3,(H,14,17). The van der Waals surface area contributed by atoms with Gasteiger partial charge in [0.2, 0.25) is 0 Å². The molecule has 1 heterocycles. The number of nitrogens with zero attached hydrogens (tertiary/aromatic N) is 1. The predicted octanol–water partition coefficient (Wildman–Crippen LogP) is 0.926. The molecule has 0 aliphatic carbocycles. The number of aliphatic hydroxyl groups is 1. The van der Waals surface area contributed by atoms with Gasteiger partial charge in [-0.1, -0.05) is 13.3 Å². The summed E-state index contributed by atoms with van der Waals surface area (Å²) in [5, 5.41) is 21.0. The van der Waals surface area contributed by atoms with E-state index in [0.717, 1.165) is 6.42 Å². The Labute approximate surface area is 101 Å². The Morgan fingerprint density at radius 3 is 2.94 bits per heavy atom. The molecule has 5 heteroatoms. The van der Waals surface area contributed by atoms with E-state index in [4.69, 9.17) is 5.11 Å². The van der Waals surface area contributed by atoms with Crippen molar-refractivity contribution < 1.29 is 15.0 Å². The lowest BCUT2D eigenvalue weighted by atomic mass is 10.0. The van der Waals surface area contributed by atoms with Crippen LogP contribution in [0.3, 0.4) is 0 Å². The number of hydrogen-bond acceptors (Lipinski definition) is 4. The van der Waals surface area contributed by atoms with Crippen molar-refractivity contribution in [2.75, 3.05) is 13.2 Å². The van der Waals surface area contributed by atoms with Crippen molar-refractivity contribution in [1.29, 1.82) is 0 Å². The molecule has 1 amide bonds. The van der Waals surface area contributed by atoms with Crippen molar-refractivity contribution >= 4 is 5.91 Å². The first-order valence-corrected chi connectivity index (χ1v) is 5.72. The number of hydrogen-bond donors (Lipinski definition) is 3. The molecule has 0 aromatic carbocycles. The van der Waals surface area contributed by atoms with E-state index in [1.807, 2.05) is 6.92 Å². The highest BCUT2D eigenvalue weighted by Gasteiger charge is 2.13. The van der Waals surface area contributed by atoms with Crippen molar-refractivity contribution in [3.63, 3.8) is 0 Å². The molecule has 1 atom stereocenters. The summed E-state index contributed by atoms with van der Waals surface area (Å²) in [6.07, 6.45) is 3.00. The van der Waals surface area contributed by atoms with Gasteiger partial charge in [-0.3, -0.25) is 4.79 Å². The first-order chi connectivity index (χ1) is 8.19. The Morgan fingerprint density at radius 2 is 2.35 bits per heavy atom. The quantitative estimate of drug-likeness (QED) is 0.688. The van der Waals surface area contributed by atoms with Crippen molar-refractivity contribution in [3.8, 4) is 5.75 Å². The largest absolute Gasteiger partial charge is 0.505 e. The van der Waals surface area contributed by atoms with Crippen molar-refractivity contribution in [2.24, 2.45) is 5.92 Å². The third kappa shape index (κ3) is 4.03. The zero-order valence-corrected chi connectivity index (χ0v) is 9.89.